The van der Waals surface area contributed by atoms with Crippen molar-refractivity contribution in [3.8, 4) is 22.6 Å². The van der Waals surface area contributed by atoms with Crippen LogP contribution < -0.4 is 0 Å². The Labute approximate surface area is 179 Å². The monoisotopic (exact) mass is 442 g/mol. The number of nitrogens with zero attached hydrogens (tertiary/aromatic N) is 2. The van der Waals surface area contributed by atoms with Crippen molar-refractivity contribution < 1.29 is 32.0 Å². The van der Waals surface area contributed by atoms with Crippen molar-refractivity contribution >= 4 is 5.97 Å². The minimum absolute atomic E-state index is 0.00848. The Morgan fingerprint density at radius 2 is 1.72 bits per heavy atom. The van der Waals surface area contributed by atoms with Crippen LogP contribution in [0, 0.1) is 5.82 Å². The highest BCUT2D eigenvalue weighted by molar-refractivity contribution is 5.87. The molecule has 1 heterocycles. The molecule has 4 rings (SSSR count). The van der Waals surface area contributed by atoms with Gasteiger partial charge in [0.15, 0.2) is 5.82 Å². The number of hydrogen-bond donors (Lipinski definition) is 1. The second kappa shape index (κ2) is 8.26. The molecule has 0 fully saturated rings. The molecular formula is C23H14F4N2O3. The molecule has 1 aromatic heterocycles. The smallest absolute Gasteiger partial charge is 0.417 e. The molecule has 0 saturated heterocycles. The van der Waals surface area contributed by atoms with Gasteiger partial charge in [0.25, 0.3) is 5.89 Å². The quantitative estimate of drug-likeness (QED) is 0.393. The molecule has 0 unspecified atom stereocenters. The molecule has 162 valence electrons. The molecule has 5 nitrogen and oxygen atoms in total. The van der Waals surface area contributed by atoms with E-state index in [1.54, 1.807) is 30.3 Å². The predicted molar refractivity (Wildman–Crippen MR) is 106 cm³/mol. The van der Waals surface area contributed by atoms with Gasteiger partial charge in [0.05, 0.1) is 11.1 Å². The standard InChI is InChI=1S/C23H14F4N2O3/c24-19-10-13(6-8-17(19)22(30)31)11-20-28-21(32-29-20)15-7-9-16(14-4-2-1-3-5-14)18(12-15)23(25,26)27/h1-10,12H,11H2,(H,30,31). The number of alkyl halides is 3. The van der Waals surface area contributed by atoms with E-state index in [2.05, 4.69) is 10.1 Å². The van der Waals surface area contributed by atoms with E-state index in [0.717, 1.165) is 18.2 Å². The first-order valence-corrected chi connectivity index (χ1v) is 9.34. The third kappa shape index (κ3) is 4.36. The van der Waals surface area contributed by atoms with Crippen LogP contribution in [0.2, 0.25) is 0 Å². The van der Waals surface area contributed by atoms with E-state index < -0.39 is 29.1 Å². The van der Waals surface area contributed by atoms with Crippen LogP contribution in [0.4, 0.5) is 17.6 Å². The molecule has 0 atom stereocenters. The fraction of sp³-hybridized carbons (Fsp3) is 0.0870. The highest BCUT2D eigenvalue weighted by Crippen LogP contribution is 2.39. The summed E-state index contributed by atoms with van der Waals surface area (Å²) in [5, 5.41) is 12.6. The second-order valence-electron chi connectivity index (χ2n) is 6.94. The number of carboxylic acids is 1. The maximum absolute atomic E-state index is 13.9. The van der Waals surface area contributed by atoms with E-state index >= 15 is 0 Å². The number of rotatable bonds is 5. The molecule has 0 aliphatic heterocycles. The Hall–Kier alpha value is -4.01. The number of carbonyl (C=O) groups is 1. The van der Waals surface area contributed by atoms with Gasteiger partial charge in [-0.15, -0.1) is 0 Å². The summed E-state index contributed by atoms with van der Waals surface area (Å²) >= 11 is 0. The van der Waals surface area contributed by atoms with Crippen molar-refractivity contribution in [2.75, 3.05) is 0 Å². The minimum atomic E-state index is -4.60. The lowest BCUT2D eigenvalue weighted by Gasteiger charge is -2.14. The van der Waals surface area contributed by atoms with Gasteiger partial charge in [-0.05, 0) is 41.0 Å². The summed E-state index contributed by atoms with van der Waals surface area (Å²) in [6.45, 7) is 0. The molecule has 4 aromatic rings. The van der Waals surface area contributed by atoms with E-state index in [1.807, 2.05) is 0 Å². The van der Waals surface area contributed by atoms with Gasteiger partial charge in [-0.25, -0.2) is 9.18 Å². The van der Waals surface area contributed by atoms with Crippen LogP contribution >= 0.6 is 0 Å². The first kappa shape index (κ1) is 21.2. The molecule has 0 radical (unpaired) electrons. The van der Waals surface area contributed by atoms with E-state index in [-0.39, 0.29) is 29.3 Å². The van der Waals surface area contributed by atoms with E-state index in [4.69, 9.17) is 9.63 Å². The van der Waals surface area contributed by atoms with Crippen LogP contribution in [-0.2, 0) is 12.6 Å². The predicted octanol–water partition coefficient (Wildman–Crippen LogP) is 5.85. The summed E-state index contributed by atoms with van der Waals surface area (Å²) in [4.78, 5) is 15.0. The fourth-order valence-electron chi connectivity index (χ4n) is 3.25. The SMILES string of the molecule is O=C(O)c1ccc(Cc2noc(-c3ccc(-c4ccccc4)c(C(F)(F)F)c3)n2)cc1F. The van der Waals surface area contributed by atoms with Crippen LogP contribution in [-0.4, -0.2) is 21.2 Å². The maximum atomic E-state index is 13.9. The lowest BCUT2D eigenvalue weighted by molar-refractivity contribution is -0.137. The molecule has 9 heteroatoms. The van der Waals surface area contributed by atoms with Crippen molar-refractivity contribution in [3.63, 3.8) is 0 Å². The van der Waals surface area contributed by atoms with Crippen molar-refractivity contribution in [2.24, 2.45) is 0 Å². The molecule has 0 spiro atoms. The molecule has 0 amide bonds. The van der Waals surface area contributed by atoms with Crippen LogP contribution in [0.5, 0.6) is 0 Å². The lowest BCUT2D eigenvalue weighted by atomic mass is 9.97. The second-order valence-corrected chi connectivity index (χ2v) is 6.94. The van der Waals surface area contributed by atoms with Gasteiger partial charge in [-0.1, -0.05) is 47.6 Å². The summed E-state index contributed by atoms with van der Waals surface area (Å²) in [6.07, 6.45) is -4.60. The number of hydrogen-bond acceptors (Lipinski definition) is 4. The molecule has 32 heavy (non-hydrogen) atoms. The van der Waals surface area contributed by atoms with E-state index in [1.165, 1.54) is 18.2 Å². The topological polar surface area (TPSA) is 76.2 Å². The van der Waals surface area contributed by atoms with Crippen LogP contribution in [0.15, 0.2) is 71.3 Å². The zero-order valence-corrected chi connectivity index (χ0v) is 16.2. The third-order valence-electron chi connectivity index (χ3n) is 4.75. The van der Waals surface area contributed by atoms with E-state index in [9.17, 15) is 22.4 Å². The molecule has 3 aromatic carbocycles. The number of aromatic carboxylic acids is 1. The summed E-state index contributed by atoms with van der Waals surface area (Å²) in [5.41, 5.74) is -0.397. The Balaban J connectivity index is 1.64. The van der Waals surface area contributed by atoms with Gasteiger partial charge in [0.1, 0.15) is 5.82 Å². The Bertz CT molecular complexity index is 1280. The minimum Gasteiger partial charge on any atom is -0.478 e. The third-order valence-corrected chi connectivity index (χ3v) is 4.75. The largest absolute Gasteiger partial charge is 0.478 e. The summed E-state index contributed by atoms with van der Waals surface area (Å²) in [7, 11) is 0. The van der Waals surface area contributed by atoms with Gasteiger partial charge in [-0.2, -0.15) is 18.2 Å². The maximum Gasteiger partial charge on any atom is 0.417 e. The molecular weight excluding hydrogens is 428 g/mol. The van der Waals surface area contributed by atoms with Crippen LogP contribution in [0.25, 0.3) is 22.6 Å². The highest BCUT2D eigenvalue weighted by Gasteiger charge is 2.34. The Morgan fingerprint density at radius 1 is 0.969 bits per heavy atom. The van der Waals surface area contributed by atoms with Gasteiger partial charge in [-0.3, -0.25) is 0 Å². The van der Waals surface area contributed by atoms with Gasteiger partial charge >= 0.3 is 12.1 Å². The van der Waals surface area contributed by atoms with Crippen LogP contribution in [0.1, 0.15) is 27.3 Å². The van der Waals surface area contributed by atoms with Gasteiger partial charge < -0.3 is 9.63 Å². The van der Waals surface area contributed by atoms with Crippen LogP contribution in [0.3, 0.4) is 0 Å². The average Bonchev–Trinajstić information content (AvgIpc) is 3.21. The van der Waals surface area contributed by atoms with Crippen molar-refractivity contribution in [1.82, 2.24) is 10.1 Å². The number of benzene rings is 3. The molecule has 1 N–H and O–H groups in total. The summed E-state index contributed by atoms with van der Waals surface area (Å²) < 4.78 is 60.1. The van der Waals surface area contributed by atoms with Gasteiger partial charge in [0.2, 0.25) is 0 Å². The fourth-order valence-corrected chi connectivity index (χ4v) is 3.25. The molecule has 0 aliphatic rings. The molecule has 0 aliphatic carbocycles. The summed E-state index contributed by atoms with van der Waals surface area (Å²) in [6, 6.07) is 15.5. The lowest BCUT2D eigenvalue weighted by Crippen LogP contribution is -2.07. The van der Waals surface area contributed by atoms with Gasteiger partial charge in [0, 0.05) is 12.0 Å². The molecule has 0 bridgehead atoms. The van der Waals surface area contributed by atoms with E-state index in [0.29, 0.717) is 11.1 Å². The number of aromatic nitrogens is 2. The summed E-state index contributed by atoms with van der Waals surface area (Å²) in [5.74, 6) is -2.31. The Kier molecular flexibility index (Phi) is 5.48. The first-order chi connectivity index (χ1) is 15.2. The average molecular weight is 442 g/mol. The normalized spacial score (nSPS) is 11.5. The Morgan fingerprint density at radius 3 is 2.38 bits per heavy atom. The zero-order chi connectivity index (χ0) is 22.9. The molecule has 0 saturated carbocycles. The van der Waals surface area contributed by atoms with Crippen molar-refractivity contribution in [2.45, 2.75) is 12.6 Å². The van der Waals surface area contributed by atoms with Crippen molar-refractivity contribution in [3.05, 3.63) is 95.1 Å². The zero-order valence-electron chi connectivity index (χ0n) is 16.2. The first-order valence-electron chi connectivity index (χ1n) is 9.34. The van der Waals surface area contributed by atoms with Crippen molar-refractivity contribution in [1.29, 1.82) is 0 Å². The highest BCUT2D eigenvalue weighted by atomic mass is 19.4. The number of carboxylic acid groups (broad SMARTS) is 1. The number of halogens is 4.